The molecule has 0 atom stereocenters. The van der Waals surface area contributed by atoms with Gasteiger partial charge < -0.3 is 9.80 Å². The summed E-state index contributed by atoms with van der Waals surface area (Å²) in [6.45, 7) is 11.8. The SMILES string of the molecule is CC1(C)c2ccccc2-c2cccc(-c3c4ccc(N5CCCc6ccccc65)cc4c(-c4cccc5c4C(C)(C)c4ccccc4-5)c4ccc(N5CCCc6ccccc65)cc34)c21. The second-order valence-corrected chi connectivity index (χ2v) is 19.8. The third-order valence-corrected chi connectivity index (χ3v) is 15.6. The maximum atomic E-state index is 2.58. The standard InChI is InChI=1S/C62H52N2/c1-61(2)53-27-9-7-21-43(53)47-23-13-25-49(59(47)61)57-45-33-31-42(64-36-16-20-40-18-6-12-30-56(40)64)38-52(45)58(50-26-14-24-48-44-22-8-10-28-54(44)62(3,4)60(48)50)46-34-32-41(37-51(46)57)63-35-15-19-39-17-5-11-29-55(39)63/h5-14,17-18,21-34,37-38H,15-16,19-20,35-36H2,1-4H3. The third-order valence-electron chi connectivity index (χ3n) is 15.6. The summed E-state index contributed by atoms with van der Waals surface area (Å²) in [4.78, 5) is 5.16. The van der Waals surface area contributed by atoms with Gasteiger partial charge in [-0.25, -0.2) is 0 Å². The van der Waals surface area contributed by atoms with Crippen LogP contribution in [0.3, 0.4) is 0 Å². The number of hydrogen-bond acceptors (Lipinski definition) is 2. The highest BCUT2D eigenvalue weighted by Gasteiger charge is 2.40. The summed E-state index contributed by atoms with van der Waals surface area (Å²) < 4.78 is 0. The Morgan fingerprint density at radius 3 is 1.22 bits per heavy atom. The van der Waals surface area contributed by atoms with E-state index in [1.807, 2.05) is 0 Å². The normalized spacial score (nSPS) is 16.2. The highest BCUT2D eigenvalue weighted by Crippen LogP contribution is 2.58. The molecule has 13 rings (SSSR count). The van der Waals surface area contributed by atoms with E-state index >= 15 is 0 Å². The van der Waals surface area contributed by atoms with E-state index in [0.717, 1.165) is 38.8 Å². The molecule has 0 radical (unpaired) electrons. The topological polar surface area (TPSA) is 6.48 Å². The second-order valence-electron chi connectivity index (χ2n) is 19.8. The lowest BCUT2D eigenvalue weighted by atomic mass is 9.75. The maximum absolute atomic E-state index is 2.58. The molecule has 0 saturated carbocycles. The summed E-state index contributed by atoms with van der Waals surface area (Å²) >= 11 is 0. The summed E-state index contributed by atoms with van der Waals surface area (Å²) in [5.74, 6) is 0. The van der Waals surface area contributed by atoms with E-state index < -0.39 is 0 Å². The van der Waals surface area contributed by atoms with Crippen molar-refractivity contribution in [2.45, 2.75) is 64.2 Å². The van der Waals surface area contributed by atoms with Crippen molar-refractivity contribution < 1.29 is 0 Å². The molecule has 2 heterocycles. The monoisotopic (exact) mass is 824 g/mol. The molecule has 310 valence electrons. The van der Waals surface area contributed by atoms with Crippen LogP contribution in [-0.4, -0.2) is 13.1 Å². The molecule has 0 N–H and O–H groups in total. The zero-order chi connectivity index (χ0) is 42.9. The van der Waals surface area contributed by atoms with Gasteiger partial charge in [-0.2, -0.15) is 0 Å². The molecule has 4 aliphatic rings. The van der Waals surface area contributed by atoms with E-state index in [-0.39, 0.29) is 10.8 Å². The third kappa shape index (κ3) is 5.26. The van der Waals surface area contributed by atoms with E-state index in [1.54, 1.807) is 0 Å². The lowest BCUT2D eigenvalue weighted by molar-refractivity contribution is 0.662. The largest absolute Gasteiger partial charge is 0.341 e. The minimum atomic E-state index is -0.184. The van der Waals surface area contributed by atoms with Crippen molar-refractivity contribution >= 4 is 44.3 Å². The first-order valence-electron chi connectivity index (χ1n) is 23.5. The molecule has 0 unspecified atom stereocenters. The van der Waals surface area contributed by atoms with E-state index in [2.05, 4.69) is 207 Å². The van der Waals surface area contributed by atoms with E-state index in [4.69, 9.17) is 0 Å². The van der Waals surface area contributed by atoms with Gasteiger partial charge in [0, 0.05) is 46.7 Å². The molecule has 0 fully saturated rings. The van der Waals surface area contributed by atoms with Crippen molar-refractivity contribution in [2.75, 3.05) is 22.9 Å². The summed E-state index contributed by atoms with van der Waals surface area (Å²) in [6, 6.07) is 65.4. The molecule has 0 amide bonds. The van der Waals surface area contributed by atoms with Crippen LogP contribution in [0.15, 0.2) is 170 Å². The van der Waals surface area contributed by atoms with E-state index in [9.17, 15) is 0 Å². The van der Waals surface area contributed by atoms with Crippen molar-refractivity contribution in [3.05, 3.63) is 203 Å². The minimum Gasteiger partial charge on any atom is -0.341 e. The van der Waals surface area contributed by atoms with Crippen LogP contribution in [0.1, 0.15) is 73.9 Å². The van der Waals surface area contributed by atoms with E-state index in [0.29, 0.717) is 0 Å². The molecule has 9 aromatic rings. The predicted molar refractivity (Wildman–Crippen MR) is 271 cm³/mol. The number of para-hydroxylation sites is 2. The van der Waals surface area contributed by atoms with Crippen LogP contribution in [0, 0.1) is 0 Å². The minimum absolute atomic E-state index is 0.184. The number of fused-ring (bicyclic) bond motifs is 10. The molecule has 2 aliphatic carbocycles. The molecular weight excluding hydrogens is 773 g/mol. The molecule has 0 spiro atoms. The highest BCUT2D eigenvalue weighted by molar-refractivity contribution is 6.24. The molecular formula is C62H52N2. The lowest BCUT2D eigenvalue weighted by Gasteiger charge is -2.33. The maximum Gasteiger partial charge on any atom is 0.0443 e. The predicted octanol–water partition coefficient (Wildman–Crippen LogP) is 16.1. The summed E-state index contributed by atoms with van der Waals surface area (Å²) in [6.07, 6.45) is 4.51. The number of hydrogen-bond donors (Lipinski definition) is 0. The van der Waals surface area contributed by atoms with Crippen LogP contribution in [0.2, 0.25) is 0 Å². The van der Waals surface area contributed by atoms with Gasteiger partial charge in [-0.3, -0.25) is 0 Å². The van der Waals surface area contributed by atoms with Crippen LogP contribution >= 0.6 is 0 Å². The van der Waals surface area contributed by atoms with Crippen molar-refractivity contribution in [3.8, 4) is 44.5 Å². The van der Waals surface area contributed by atoms with Gasteiger partial charge in [-0.1, -0.05) is 161 Å². The first-order chi connectivity index (χ1) is 31.3. The average molecular weight is 825 g/mol. The van der Waals surface area contributed by atoms with E-state index in [1.165, 1.54) is 122 Å². The van der Waals surface area contributed by atoms with Crippen molar-refractivity contribution in [1.82, 2.24) is 0 Å². The first-order valence-corrected chi connectivity index (χ1v) is 23.5. The van der Waals surface area contributed by atoms with Crippen LogP contribution in [-0.2, 0) is 23.7 Å². The number of anilines is 4. The van der Waals surface area contributed by atoms with Crippen molar-refractivity contribution in [1.29, 1.82) is 0 Å². The smallest absolute Gasteiger partial charge is 0.0443 e. The fraction of sp³-hybridized carbons (Fsp3) is 0.194. The highest BCUT2D eigenvalue weighted by atomic mass is 15.1. The van der Waals surface area contributed by atoms with Gasteiger partial charge in [0.25, 0.3) is 0 Å². The number of aryl methyl sites for hydroxylation is 2. The Hall–Kier alpha value is -6.90. The Balaban J connectivity index is 1.17. The molecule has 2 aliphatic heterocycles. The fourth-order valence-corrected chi connectivity index (χ4v) is 12.8. The second kappa shape index (κ2) is 13.8. The number of benzene rings is 9. The van der Waals surface area contributed by atoms with Gasteiger partial charge in [-0.05, 0) is 162 Å². The Morgan fingerprint density at radius 1 is 0.359 bits per heavy atom. The first kappa shape index (κ1) is 37.6. The Bertz CT molecular complexity index is 3190. The zero-order valence-corrected chi connectivity index (χ0v) is 37.3. The van der Waals surface area contributed by atoms with Gasteiger partial charge in [0.05, 0.1) is 0 Å². The summed E-state index contributed by atoms with van der Waals surface area (Å²) in [5, 5.41) is 5.23. The Kier molecular flexibility index (Phi) is 8.11. The molecule has 0 aromatic heterocycles. The van der Waals surface area contributed by atoms with Crippen LogP contribution < -0.4 is 9.80 Å². The average Bonchev–Trinajstić information content (AvgIpc) is 3.72. The molecule has 9 aromatic carbocycles. The molecule has 0 bridgehead atoms. The number of nitrogens with zero attached hydrogens (tertiary/aromatic N) is 2. The van der Waals surface area contributed by atoms with Crippen molar-refractivity contribution in [2.24, 2.45) is 0 Å². The van der Waals surface area contributed by atoms with Gasteiger partial charge in [0.1, 0.15) is 0 Å². The Morgan fingerprint density at radius 2 is 0.750 bits per heavy atom. The number of rotatable bonds is 4. The fourth-order valence-electron chi connectivity index (χ4n) is 12.8. The molecule has 2 heteroatoms. The van der Waals surface area contributed by atoms with Gasteiger partial charge in [0.15, 0.2) is 0 Å². The molecule has 64 heavy (non-hydrogen) atoms. The van der Waals surface area contributed by atoms with Gasteiger partial charge >= 0.3 is 0 Å². The summed E-state index contributed by atoms with van der Waals surface area (Å²) in [5.41, 5.74) is 24.1. The summed E-state index contributed by atoms with van der Waals surface area (Å²) in [7, 11) is 0. The van der Waals surface area contributed by atoms with Crippen LogP contribution in [0.4, 0.5) is 22.7 Å². The van der Waals surface area contributed by atoms with Crippen molar-refractivity contribution in [3.63, 3.8) is 0 Å². The zero-order valence-electron chi connectivity index (χ0n) is 37.3. The lowest BCUT2D eigenvalue weighted by Crippen LogP contribution is -2.24. The van der Waals surface area contributed by atoms with Gasteiger partial charge in [0.2, 0.25) is 0 Å². The van der Waals surface area contributed by atoms with Crippen LogP contribution in [0.25, 0.3) is 66.1 Å². The quantitative estimate of drug-likeness (QED) is 0.163. The molecule has 2 nitrogen and oxygen atoms in total. The van der Waals surface area contributed by atoms with Gasteiger partial charge in [-0.15, -0.1) is 0 Å². The molecule has 0 saturated heterocycles. The Labute approximate surface area is 377 Å². The van der Waals surface area contributed by atoms with Crippen LogP contribution in [0.5, 0.6) is 0 Å².